The van der Waals surface area contributed by atoms with Gasteiger partial charge in [0.25, 0.3) is 20.2 Å². The SMILES string of the molecule is O=S(=O)(O)CCCOCCCS(=O)(=O)O.[H-].[Na+]. The smallest absolute Gasteiger partial charge is 1.00 e. The molecule has 7 nitrogen and oxygen atoms in total. The molecule has 0 unspecified atom stereocenters. The van der Waals surface area contributed by atoms with Gasteiger partial charge >= 0.3 is 29.6 Å². The van der Waals surface area contributed by atoms with E-state index in [1.165, 1.54) is 0 Å². The van der Waals surface area contributed by atoms with Gasteiger partial charge in [0.05, 0.1) is 11.5 Å². The Morgan fingerprint density at radius 2 is 1.19 bits per heavy atom. The predicted octanol–water partition coefficient (Wildman–Crippen LogP) is -3.32. The molecule has 0 spiro atoms. The van der Waals surface area contributed by atoms with E-state index in [1.54, 1.807) is 0 Å². The molecule has 10 heteroatoms. The molecule has 0 amide bonds. The monoisotopic (exact) mass is 286 g/mol. The first-order valence-corrected chi connectivity index (χ1v) is 7.40. The van der Waals surface area contributed by atoms with Crippen LogP contribution in [0.2, 0.25) is 0 Å². The minimum Gasteiger partial charge on any atom is -1.00 e. The molecule has 0 aromatic carbocycles. The quantitative estimate of drug-likeness (QED) is 0.272. The van der Waals surface area contributed by atoms with E-state index in [0.717, 1.165) is 0 Å². The van der Waals surface area contributed by atoms with Crippen LogP contribution in [0, 0.1) is 0 Å². The van der Waals surface area contributed by atoms with Crippen LogP contribution >= 0.6 is 0 Å². The zero-order valence-corrected chi connectivity index (χ0v) is 12.6. The number of ether oxygens (including phenoxy) is 1. The van der Waals surface area contributed by atoms with Crippen molar-refractivity contribution < 1.29 is 61.7 Å². The van der Waals surface area contributed by atoms with Crippen molar-refractivity contribution in [2.24, 2.45) is 0 Å². The average Bonchev–Trinajstić information content (AvgIpc) is 1.98. The normalized spacial score (nSPS) is 12.1. The standard InChI is InChI=1S/C6H14O7S2.Na.H/c7-14(8,9)5-1-3-13-4-2-6-15(10,11)12;;/h1-6H2,(H,7,8,9)(H,10,11,12);;/q;+1;-1. The first-order valence-electron chi connectivity index (χ1n) is 4.19. The second kappa shape index (κ2) is 8.81. The topological polar surface area (TPSA) is 118 Å². The Kier molecular flexibility index (Phi) is 10.5. The first kappa shape index (κ1) is 19.1. The molecule has 0 fully saturated rings. The van der Waals surface area contributed by atoms with E-state index < -0.39 is 20.2 Å². The Hall–Kier alpha value is 0.780. The summed E-state index contributed by atoms with van der Waals surface area (Å²) in [5, 5.41) is 0. The maximum Gasteiger partial charge on any atom is 1.00 e. The van der Waals surface area contributed by atoms with Crippen LogP contribution in [0.25, 0.3) is 0 Å². The van der Waals surface area contributed by atoms with Gasteiger partial charge in [-0.3, -0.25) is 9.11 Å². The van der Waals surface area contributed by atoms with Crippen LogP contribution < -0.4 is 29.6 Å². The summed E-state index contributed by atoms with van der Waals surface area (Å²) in [7, 11) is -7.91. The molecule has 0 saturated carbocycles. The summed E-state index contributed by atoms with van der Waals surface area (Å²) >= 11 is 0. The Morgan fingerprint density at radius 3 is 1.44 bits per heavy atom. The number of rotatable bonds is 8. The molecule has 0 aliphatic rings. The summed E-state index contributed by atoms with van der Waals surface area (Å²) in [6.45, 7) is 0.233. The van der Waals surface area contributed by atoms with Crippen molar-refractivity contribution in [3.63, 3.8) is 0 Å². The average molecular weight is 286 g/mol. The third-order valence-electron chi connectivity index (χ3n) is 1.38. The molecular formula is C6H15NaO7S2. The molecule has 0 aromatic rings. The summed E-state index contributed by atoms with van der Waals surface area (Å²) in [6, 6.07) is 0. The van der Waals surface area contributed by atoms with Crippen molar-refractivity contribution in [3.05, 3.63) is 0 Å². The van der Waals surface area contributed by atoms with E-state index in [1.807, 2.05) is 0 Å². The van der Waals surface area contributed by atoms with Gasteiger partial charge in [0.2, 0.25) is 0 Å². The Morgan fingerprint density at radius 1 is 0.875 bits per heavy atom. The van der Waals surface area contributed by atoms with Crippen molar-refractivity contribution in [2.45, 2.75) is 12.8 Å². The first-order chi connectivity index (χ1) is 6.71. The van der Waals surface area contributed by atoms with E-state index >= 15 is 0 Å². The molecule has 16 heavy (non-hydrogen) atoms. The largest absolute Gasteiger partial charge is 1.00 e. The van der Waals surface area contributed by atoms with E-state index in [-0.39, 0.29) is 68.5 Å². The number of hydrogen-bond acceptors (Lipinski definition) is 5. The molecule has 0 saturated heterocycles. The van der Waals surface area contributed by atoms with Crippen molar-refractivity contribution in [1.29, 1.82) is 0 Å². The van der Waals surface area contributed by atoms with Crippen LogP contribution in [0.4, 0.5) is 0 Å². The Bertz CT molecular complexity index is 330. The van der Waals surface area contributed by atoms with Gasteiger partial charge in [0.15, 0.2) is 0 Å². The van der Waals surface area contributed by atoms with E-state index in [2.05, 4.69) is 0 Å². The minimum atomic E-state index is -3.96. The Labute approximate surface area is 119 Å². The van der Waals surface area contributed by atoms with E-state index in [9.17, 15) is 16.8 Å². The van der Waals surface area contributed by atoms with Gasteiger partial charge in [-0.15, -0.1) is 0 Å². The number of hydrogen-bond donors (Lipinski definition) is 2. The van der Waals surface area contributed by atoms with Crippen LogP contribution in [0.5, 0.6) is 0 Å². The molecule has 0 aliphatic heterocycles. The fourth-order valence-electron chi connectivity index (χ4n) is 0.789. The maximum absolute atomic E-state index is 10.2. The van der Waals surface area contributed by atoms with Gasteiger partial charge in [-0.1, -0.05) is 0 Å². The molecule has 94 valence electrons. The molecule has 0 rings (SSSR count). The van der Waals surface area contributed by atoms with E-state index in [0.29, 0.717) is 0 Å². The summed E-state index contributed by atoms with van der Waals surface area (Å²) in [6.07, 6.45) is 0.287. The molecule has 0 aromatic heterocycles. The fraction of sp³-hybridized carbons (Fsp3) is 1.00. The molecule has 0 atom stereocenters. The molecule has 0 aliphatic carbocycles. The third kappa shape index (κ3) is 17.2. The minimum absolute atomic E-state index is 0. The second-order valence-electron chi connectivity index (χ2n) is 2.89. The van der Waals surface area contributed by atoms with Crippen molar-refractivity contribution in [1.82, 2.24) is 0 Å². The molecule has 2 N–H and O–H groups in total. The summed E-state index contributed by atoms with van der Waals surface area (Å²) in [5.74, 6) is -0.767. The van der Waals surface area contributed by atoms with Crippen LogP contribution in [0.1, 0.15) is 14.3 Å². The zero-order chi connectivity index (χ0) is 11.9. The van der Waals surface area contributed by atoms with Gasteiger partial charge < -0.3 is 6.16 Å². The van der Waals surface area contributed by atoms with Gasteiger partial charge in [-0.25, -0.2) is 0 Å². The van der Waals surface area contributed by atoms with Gasteiger partial charge in [0, 0.05) is 13.2 Å². The Balaban J connectivity index is -0.000000980. The van der Waals surface area contributed by atoms with Gasteiger partial charge in [-0.05, 0) is 12.8 Å². The zero-order valence-electron chi connectivity index (χ0n) is 9.99. The summed E-state index contributed by atoms with van der Waals surface area (Å²) < 4.78 is 62.5. The van der Waals surface area contributed by atoms with Crippen molar-refractivity contribution in [2.75, 3.05) is 24.7 Å². The van der Waals surface area contributed by atoms with E-state index in [4.69, 9.17) is 13.8 Å². The second-order valence-corrected chi connectivity index (χ2v) is 6.04. The van der Waals surface area contributed by atoms with Crippen LogP contribution in [0.15, 0.2) is 0 Å². The molecule has 0 heterocycles. The predicted molar refractivity (Wildman–Crippen MR) is 54.0 cm³/mol. The molecule has 0 radical (unpaired) electrons. The summed E-state index contributed by atoms with van der Waals surface area (Å²) in [4.78, 5) is 0. The molecular weight excluding hydrogens is 271 g/mol. The van der Waals surface area contributed by atoms with Crippen LogP contribution in [-0.4, -0.2) is 50.7 Å². The van der Waals surface area contributed by atoms with Gasteiger partial charge in [0.1, 0.15) is 0 Å². The molecule has 0 bridgehead atoms. The maximum atomic E-state index is 10.2. The van der Waals surface area contributed by atoms with Gasteiger partial charge in [-0.2, -0.15) is 16.8 Å². The summed E-state index contributed by atoms with van der Waals surface area (Å²) in [5.41, 5.74) is 0. The fourth-order valence-corrected chi connectivity index (χ4v) is 1.75. The van der Waals surface area contributed by atoms with Crippen molar-refractivity contribution in [3.8, 4) is 0 Å². The van der Waals surface area contributed by atoms with Crippen LogP contribution in [0.3, 0.4) is 0 Å². The van der Waals surface area contributed by atoms with Crippen LogP contribution in [-0.2, 0) is 25.0 Å². The third-order valence-corrected chi connectivity index (χ3v) is 2.99. The van der Waals surface area contributed by atoms with Crippen molar-refractivity contribution >= 4 is 20.2 Å².